The van der Waals surface area contributed by atoms with Crippen molar-refractivity contribution in [3.8, 4) is 6.07 Å². The molecular formula is C21H20N4O2S. The first kappa shape index (κ1) is 18.4. The second-order valence-electron chi connectivity index (χ2n) is 7.02. The summed E-state index contributed by atoms with van der Waals surface area (Å²) < 4.78 is 1.55. The van der Waals surface area contributed by atoms with Crippen molar-refractivity contribution in [2.24, 2.45) is 0 Å². The van der Waals surface area contributed by atoms with E-state index in [1.54, 1.807) is 29.8 Å². The fourth-order valence-electron chi connectivity index (χ4n) is 3.71. The van der Waals surface area contributed by atoms with Crippen LogP contribution in [0.4, 0.5) is 5.00 Å². The fourth-order valence-corrected chi connectivity index (χ4v) is 4.96. The van der Waals surface area contributed by atoms with E-state index in [-0.39, 0.29) is 11.3 Å². The Balaban J connectivity index is 1.66. The van der Waals surface area contributed by atoms with Crippen LogP contribution in [0.25, 0.3) is 10.9 Å². The Hall–Kier alpha value is -2.98. The lowest BCUT2D eigenvalue weighted by atomic mass is 10.1. The van der Waals surface area contributed by atoms with E-state index in [9.17, 15) is 14.9 Å². The Morgan fingerprint density at radius 2 is 2.07 bits per heavy atom. The average Bonchev–Trinajstić information content (AvgIpc) is 2.87. The summed E-state index contributed by atoms with van der Waals surface area (Å²) >= 11 is 1.51. The van der Waals surface area contributed by atoms with Crippen LogP contribution >= 0.6 is 11.3 Å². The number of hydrogen-bond acceptors (Lipinski definition) is 5. The second-order valence-corrected chi connectivity index (χ2v) is 8.12. The lowest BCUT2D eigenvalue weighted by Gasteiger charge is -2.16. The Morgan fingerprint density at radius 3 is 2.89 bits per heavy atom. The van der Waals surface area contributed by atoms with Gasteiger partial charge in [0.05, 0.1) is 17.3 Å². The normalized spacial score (nSPS) is 14.7. The third-order valence-corrected chi connectivity index (χ3v) is 6.44. The minimum absolute atomic E-state index is 0.173. The van der Waals surface area contributed by atoms with Gasteiger partial charge in [0.15, 0.2) is 0 Å². The smallest absolute Gasteiger partial charge is 0.249 e. The number of fused-ring (bicyclic) bond motifs is 2. The number of amides is 1. The molecule has 142 valence electrons. The molecule has 1 N–H and O–H groups in total. The highest BCUT2D eigenvalue weighted by Crippen LogP contribution is 2.37. The number of nitriles is 1. The number of hydrogen-bond donors (Lipinski definition) is 1. The number of thiophene rings is 1. The molecule has 0 radical (unpaired) electrons. The molecule has 1 atom stereocenters. The van der Waals surface area contributed by atoms with Crippen LogP contribution in [0.5, 0.6) is 0 Å². The van der Waals surface area contributed by atoms with Gasteiger partial charge >= 0.3 is 0 Å². The van der Waals surface area contributed by atoms with Crippen molar-refractivity contribution in [3.05, 3.63) is 56.7 Å². The topological polar surface area (TPSA) is 87.8 Å². The largest absolute Gasteiger partial charge is 0.315 e. The predicted molar refractivity (Wildman–Crippen MR) is 110 cm³/mol. The molecule has 0 bridgehead atoms. The maximum absolute atomic E-state index is 12.9. The quantitative estimate of drug-likeness (QED) is 0.687. The number of benzene rings is 1. The standard InChI is InChI=1S/C21H20N4O2S/c1-13(25-17-9-6-5-8-15(17)18(26)12-23-25)20(27)24-21-16(11-22)14-7-3-2-4-10-19(14)28-21/h5-6,8-9,12-13H,2-4,7,10H2,1H3,(H,24,27). The summed E-state index contributed by atoms with van der Waals surface area (Å²) in [5, 5.41) is 17.9. The zero-order valence-electron chi connectivity index (χ0n) is 15.6. The van der Waals surface area contributed by atoms with Crippen LogP contribution in [-0.4, -0.2) is 15.7 Å². The molecule has 0 aliphatic heterocycles. The van der Waals surface area contributed by atoms with Gasteiger partial charge in [0.25, 0.3) is 0 Å². The van der Waals surface area contributed by atoms with Crippen LogP contribution in [0.1, 0.15) is 48.2 Å². The predicted octanol–water partition coefficient (Wildman–Crippen LogP) is 3.80. The van der Waals surface area contributed by atoms with Gasteiger partial charge in [-0.05, 0) is 50.3 Å². The van der Waals surface area contributed by atoms with Gasteiger partial charge in [-0.3, -0.25) is 14.3 Å². The molecular weight excluding hydrogens is 372 g/mol. The van der Waals surface area contributed by atoms with E-state index >= 15 is 0 Å². The zero-order valence-corrected chi connectivity index (χ0v) is 16.4. The number of para-hydroxylation sites is 1. The average molecular weight is 392 g/mol. The molecule has 4 rings (SSSR count). The van der Waals surface area contributed by atoms with Crippen molar-refractivity contribution in [2.45, 2.75) is 45.1 Å². The van der Waals surface area contributed by atoms with Crippen LogP contribution in [0.3, 0.4) is 0 Å². The second kappa shape index (κ2) is 7.56. The number of carbonyl (C=O) groups excluding carboxylic acids is 1. The summed E-state index contributed by atoms with van der Waals surface area (Å²) in [5.74, 6) is -0.255. The number of nitrogens with zero attached hydrogens (tertiary/aromatic N) is 3. The van der Waals surface area contributed by atoms with Crippen LogP contribution in [0.15, 0.2) is 35.3 Å². The van der Waals surface area contributed by atoms with Crippen LogP contribution in [0.2, 0.25) is 0 Å². The van der Waals surface area contributed by atoms with Crippen molar-refractivity contribution in [1.29, 1.82) is 5.26 Å². The number of nitrogens with one attached hydrogen (secondary N) is 1. The Labute approximate surface area is 166 Å². The summed E-state index contributed by atoms with van der Waals surface area (Å²) in [4.78, 5) is 26.2. The van der Waals surface area contributed by atoms with Gasteiger partial charge in [0.1, 0.15) is 17.1 Å². The summed E-state index contributed by atoms with van der Waals surface area (Å²) in [6.07, 6.45) is 6.47. The Morgan fingerprint density at radius 1 is 1.29 bits per heavy atom. The minimum Gasteiger partial charge on any atom is -0.315 e. The summed E-state index contributed by atoms with van der Waals surface area (Å²) in [7, 11) is 0. The van der Waals surface area contributed by atoms with E-state index in [1.807, 2.05) is 6.07 Å². The number of aryl methyl sites for hydroxylation is 1. The van der Waals surface area contributed by atoms with Gasteiger partial charge < -0.3 is 5.32 Å². The van der Waals surface area contributed by atoms with E-state index < -0.39 is 6.04 Å². The van der Waals surface area contributed by atoms with Crippen molar-refractivity contribution >= 4 is 33.1 Å². The molecule has 0 saturated heterocycles. The minimum atomic E-state index is -0.626. The maximum Gasteiger partial charge on any atom is 0.249 e. The summed E-state index contributed by atoms with van der Waals surface area (Å²) in [6.45, 7) is 1.74. The first-order valence-corrected chi connectivity index (χ1v) is 10.2. The van der Waals surface area contributed by atoms with Gasteiger partial charge in [-0.2, -0.15) is 10.4 Å². The fraction of sp³-hybridized carbons (Fsp3) is 0.333. The SMILES string of the molecule is CC(C(=O)Nc1sc2c(c1C#N)CCCCC2)n1ncc(=O)c2ccccc21. The highest BCUT2D eigenvalue weighted by Gasteiger charge is 2.24. The van der Waals surface area contributed by atoms with Crippen LogP contribution in [-0.2, 0) is 17.6 Å². The molecule has 2 aromatic heterocycles. The first-order chi connectivity index (χ1) is 13.6. The third kappa shape index (κ3) is 3.20. The van der Waals surface area contributed by atoms with Crippen molar-refractivity contribution in [2.75, 3.05) is 5.32 Å². The van der Waals surface area contributed by atoms with Gasteiger partial charge in [-0.15, -0.1) is 11.3 Å². The molecule has 6 nitrogen and oxygen atoms in total. The summed E-state index contributed by atoms with van der Waals surface area (Å²) in [6, 6.07) is 8.77. The van der Waals surface area contributed by atoms with Gasteiger partial charge in [-0.1, -0.05) is 18.6 Å². The van der Waals surface area contributed by atoms with Gasteiger partial charge in [0.2, 0.25) is 11.3 Å². The molecule has 7 heteroatoms. The first-order valence-electron chi connectivity index (χ1n) is 9.42. The van der Waals surface area contributed by atoms with Crippen molar-refractivity contribution < 1.29 is 4.79 Å². The van der Waals surface area contributed by atoms with E-state index in [1.165, 1.54) is 28.8 Å². The Kier molecular flexibility index (Phi) is 4.97. The molecule has 1 unspecified atom stereocenters. The molecule has 0 saturated carbocycles. The van der Waals surface area contributed by atoms with Crippen LogP contribution in [0, 0.1) is 11.3 Å². The Bertz CT molecular complexity index is 1160. The van der Waals surface area contributed by atoms with Gasteiger partial charge in [0, 0.05) is 10.3 Å². The molecule has 28 heavy (non-hydrogen) atoms. The molecule has 0 fully saturated rings. The lowest BCUT2D eigenvalue weighted by Crippen LogP contribution is -2.26. The maximum atomic E-state index is 12.9. The monoisotopic (exact) mass is 392 g/mol. The number of anilines is 1. The highest BCUT2D eigenvalue weighted by molar-refractivity contribution is 7.16. The highest BCUT2D eigenvalue weighted by atomic mass is 32.1. The molecule has 0 spiro atoms. The zero-order chi connectivity index (χ0) is 19.7. The number of carbonyl (C=O) groups is 1. The molecule has 3 aromatic rings. The number of rotatable bonds is 3. The van der Waals surface area contributed by atoms with Crippen molar-refractivity contribution in [1.82, 2.24) is 9.78 Å². The lowest BCUT2D eigenvalue weighted by molar-refractivity contribution is -0.119. The molecule has 1 aromatic carbocycles. The van der Waals surface area contributed by atoms with E-state index in [4.69, 9.17) is 0 Å². The van der Waals surface area contributed by atoms with Crippen LogP contribution < -0.4 is 10.7 Å². The van der Waals surface area contributed by atoms with Crippen molar-refractivity contribution in [3.63, 3.8) is 0 Å². The van der Waals surface area contributed by atoms with Gasteiger partial charge in [-0.25, -0.2) is 0 Å². The van der Waals surface area contributed by atoms with E-state index in [0.29, 0.717) is 21.5 Å². The molecule has 1 aliphatic rings. The third-order valence-electron chi connectivity index (χ3n) is 5.23. The molecule has 2 heterocycles. The number of aromatic nitrogens is 2. The molecule has 1 amide bonds. The van der Waals surface area contributed by atoms with E-state index in [0.717, 1.165) is 31.2 Å². The molecule has 1 aliphatic carbocycles. The van der Waals surface area contributed by atoms with E-state index in [2.05, 4.69) is 16.5 Å². The summed E-state index contributed by atoms with van der Waals surface area (Å²) in [5.41, 5.74) is 2.13.